The van der Waals surface area contributed by atoms with Crippen LogP contribution < -0.4 is 5.32 Å². The zero-order chi connectivity index (χ0) is 13.2. The Balaban J connectivity index is 1.96. The van der Waals surface area contributed by atoms with Gasteiger partial charge in [-0.2, -0.15) is 0 Å². The third-order valence-electron chi connectivity index (χ3n) is 2.97. The lowest BCUT2D eigenvalue weighted by molar-refractivity contribution is 0.737. The van der Waals surface area contributed by atoms with E-state index < -0.39 is 0 Å². The summed E-state index contributed by atoms with van der Waals surface area (Å²) in [6.07, 6.45) is 6.36. The molecule has 1 atom stereocenters. The van der Waals surface area contributed by atoms with Gasteiger partial charge in [0, 0.05) is 24.0 Å². The summed E-state index contributed by atoms with van der Waals surface area (Å²) < 4.78 is 1.92. The smallest absolute Gasteiger partial charge is 0.203 e. The van der Waals surface area contributed by atoms with Gasteiger partial charge >= 0.3 is 0 Å². The Morgan fingerprint density at radius 3 is 2.95 bits per heavy atom. The van der Waals surface area contributed by atoms with Crippen molar-refractivity contribution < 1.29 is 0 Å². The Morgan fingerprint density at radius 1 is 1.32 bits per heavy atom. The van der Waals surface area contributed by atoms with Gasteiger partial charge in [-0.05, 0) is 13.3 Å². The van der Waals surface area contributed by atoms with E-state index in [0.29, 0.717) is 0 Å². The highest BCUT2D eigenvalue weighted by molar-refractivity contribution is 7.09. The number of rotatable bonds is 4. The van der Waals surface area contributed by atoms with Gasteiger partial charge in [0.25, 0.3) is 0 Å². The van der Waals surface area contributed by atoms with Crippen LogP contribution in [0.25, 0.3) is 5.65 Å². The van der Waals surface area contributed by atoms with Crippen LogP contribution in [0.3, 0.4) is 0 Å². The van der Waals surface area contributed by atoms with Gasteiger partial charge in [-0.1, -0.05) is 6.92 Å². The Morgan fingerprint density at radius 2 is 2.21 bits per heavy atom. The Kier molecular flexibility index (Phi) is 3.12. The average molecular weight is 274 g/mol. The second kappa shape index (κ2) is 4.93. The molecular formula is C12H14N6S. The molecule has 0 aromatic carbocycles. The van der Waals surface area contributed by atoms with Crippen molar-refractivity contribution in [2.75, 3.05) is 5.32 Å². The predicted octanol–water partition coefficient (Wildman–Crippen LogP) is 2.45. The van der Waals surface area contributed by atoms with Crippen LogP contribution in [-0.2, 0) is 0 Å². The number of nitrogens with zero attached hydrogens (tertiary/aromatic N) is 5. The third-order valence-corrected chi connectivity index (χ3v) is 3.86. The van der Waals surface area contributed by atoms with Crippen molar-refractivity contribution >= 4 is 22.8 Å². The molecule has 3 aromatic rings. The molecule has 3 aromatic heterocycles. The third kappa shape index (κ3) is 2.17. The van der Waals surface area contributed by atoms with Crippen LogP contribution in [-0.4, -0.2) is 24.6 Å². The molecule has 0 saturated heterocycles. The zero-order valence-electron chi connectivity index (χ0n) is 10.7. The highest BCUT2D eigenvalue weighted by atomic mass is 32.1. The largest absolute Gasteiger partial charge is 0.358 e. The van der Waals surface area contributed by atoms with Crippen LogP contribution in [0.15, 0.2) is 24.0 Å². The normalized spacial score (nSPS) is 12.7. The average Bonchev–Trinajstić information content (AvgIpc) is 3.07. The summed E-state index contributed by atoms with van der Waals surface area (Å²) in [5.41, 5.74) is 0.745. The molecule has 0 saturated carbocycles. The van der Waals surface area contributed by atoms with Gasteiger partial charge in [0.05, 0.1) is 6.04 Å². The van der Waals surface area contributed by atoms with Gasteiger partial charge in [-0.3, -0.25) is 4.40 Å². The zero-order valence-corrected chi connectivity index (χ0v) is 11.6. The van der Waals surface area contributed by atoms with Crippen molar-refractivity contribution in [3.05, 3.63) is 34.8 Å². The number of hydrogen-bond acceptors (Lipinski definition) is 6. The minimum Gasteiger partial charge on any atom is -0.358 e. The fourth-order valence-electron chi connectivity index (χ4n) is 1.95. The van der Waals surface area contributed by atoms with E-state index in [1.807, 2.05) is 29.1 Å². The van der Waals surface area contributed by atoms with E-state index in [0.717, 1.165) is 28.7 Å². The van der Waals surface area contributed by atoms with Crippen LogP contribution in [0.2, 0.25) is 0 Å². The Labute approximate surface area is 114 Å². The maximum Gasteiger partial charge on any atom is 0.203 e. The molecule has 0 bridgehead atoms. The Hall–Kier alpha value is -2.02. The molecule has 0 spiro atoms. The standard InChI is InChI=1S/C12H14N6S/c1-3-9(12-14-5-7-19-12)15-10-11-17-16-8(2)18(11)6-4-13-10/h4-7,9H,3H2,1-2H3,(H,13,15). The topological polar surface area (TPSA) is 68.0 Å². The summed E-state index contributed by atoms with van der Waals surface area (Å²) in [4.78, 5) is 8.71. The first-order valence-electron chi connectivity index (χ1n) is 6.12. The van der Waals surface area contributed by atoms with Gasteiger partial charge in [-0.15, -0.1) is 21.5 Å². The molecule has 98 valence electrons. The number of thiazole rings is 1. The molecular weight excluding hydrogens is 260 g/mol. The van der Waals surface area contributed by atoms with Gasteiger partial charge in [0.2, 0.25) is 5.65 Å². The minimum absolute atomic E-state index is 0.149. The summed E-state index contributed by atoms with van der Waals surface area (Å²) in [5, 5.41) is 14.7. The van der Waals surface area contributed by atoms with E-state index in [1.165, 1.54) is 0 Å². The highest BCUT2D eigenvalue weighted by Crippen LogP contribution is 2.24. The van der Waals surface area contributed by atoms with E-state index in [9.17, 15) is 0 Å². The van der Waals surface area contributed by atoms with Gasteiger partial charge in [0.15, 0.2) is 5.82 Å². The maximum absolute atomic E-state index is 4.36. The van der Waals surface area contributed by atoms with E-state index in [-0.39, 0.29) is 6.04 Å². The lowest BCUT2D eigenvalue weighted by Gasteiger charge is -2.15. The van der Waals surface area contributed by atoms with Crippen molar-refractivity contribution in [2.24, 2.45) is 0 Å². The molecule has 3 rings (SSSR count). The first-order chi connectivity index (χ1) is 9.29. The van der Waals surface area contributed by atoms with Gasteiger partial charge in [-0.25, -0.2) is 9.97 Å². The Bertz CT molecular complexity index is 675. The monoisotopic (exact) mass is 274 g/mol. The maximum atomic E-state index is 4.36. The number of nitrogens with one attached hydrogen (secondary N) is 1. The summed E-state index contributed by atoms with van der Waals surface area (Å²) in [6, 6.07) is 0.149. The summed E-state index contributed by atoms with van der Waals surface area (Å²) in [5.74, 6) is 1.59. The molecule has 0 aliphatic rings. The molecule has 0 amide bonds. The van der Waals surface area contributed by atoms with Gasteiger partial charge in [0.1, 0.15) is 10.8 Å². The second-order valence-corrected chi connectivity index (χ2v) is 5.12. The van der Waals surface area contributed by atoms with Crippen molar-refractivity contribution in [2.45, 2.75) is 26.3 Å². The molecule has 1 unspecified atom stereocenters. The number of fused-ring (bicyclic) bond motifs is 1. The molecule has 7 heteroatoms. The molecule has 0 aliphatic carbocycles. The molecule has 0 fully saturated rings. The molecule has 0 aliphatic heterocycles. The molecule has 6 nitrogen and oxygen atoms in total. The lowest BCUT2D eigenvalue weighted by atomic mass is 10.2. The van der Waals surface area contributed by atoms with E-state index in [4.69, 9.17) is 0 Å². The predicted molar refractivity (Wildman–Crippen MR) is 74.3 cm³/mol. The van der Waals surface area contributed by atoms with E-state index in [1.54, 1.807) is 17.5 Å². The summed E-state index contributed by atoms with van der Waals surface area (Å²) in [6.45, 7) is 4.04. The fourth-order valence-corrected chi connectivity index (χ4v) is 2.73. The van der Waals surface area contributed by atoms with Crippen molar-refractivity contribution in [3.8, 4) is 0 Å². The summed E-state index contributed by atoms with van der Waals surface area (Å²) >= 11 is 1.64. The number of anilines is 1. The van der Waals surface area contributed by atoms with Crippen molar-refractivity contribution in [1.29, 1.82) is 0 Å². The fraction of sp³-hybridized carbons (Fsp3) is 0.333. The van der Waals surface area contributed by atoms with Crippen LogP contribution in [0.1, 0.15) is 30.2 Å². The van der Waals surface area contributed by atoms with Crippen molar-refractivity contribution in [3.63, 3.8) is 0 Å². The first kappa shape index (κ1) is 12.0. The molecule has 1 N–H and O–H groups in total. The quantitative estimate of drug-likeness (QED) is 0.791. The second-order valence-electron chi connectivity index (χ2n) is 4.19. The number of aromatic nitrogens is 5. The van der Waals surface area contributed by atoms with E-state index in [2.05, 4.69) is 32.4 Å². The van der Waals surface area contributed by atoms with Gasteiger partial charge < -0.3 is 5.32 Å². The van der Waals surface area contributed by atoms with Crippen molar-refractivity contribution in [1.82, 2.24) is 24.6 Å². The first-order valence-corrected chi connectivity index (χ1v) is 7.00. The van der Waals surface area contributed by atoms with Crippen LogP contribution in [0.5, 0.6) is 0 Å². The van der Waals surface area contributed by atoms with Crippen LogP contribution in [0.4, 0.5) is 5.82 Å². The highest BCUT2D eigenvalue weighted by Gasteiger charge is 2.15. The molecule has 3 heterocycles. The summed E-state index contributed by atoms with van der Waals surface area (Å²) in [7, 11) is 0. The SMILES string of the molecule is CCC(Nc1nccn2c(C)nnc12)c1nccs1. The molecule has 0 radical (unpaired) electrons. The number of hydrogen-bond donors (Lipinski definition) is 1. The minimum atomic E-state index is 0.149. The lowest BCUT2D eigenvalue weighted by Crippen LogP contribution is -2.11. The molecule has 19 heavy (non-hydrogen) atoms. The number of aryl methyl sites for hydroxylation is 1. The van der Waals surface area contributed by atoms with Crippen LogP contribution >= 0.6 is 11.3 Å². The van der Waals surface area contributed by atoms with Crippen LogP contribution in [0, 0.1) is 6.92 Å². The van der Waals surface area contributed by atoms with E-state index >= 15 is 0 Å².